The minimum atomic E-state index is -0.821. The minimum Gasteiger partial charge on any atom is -0.494 e. The SMILES string of the molecule is CCCCCCOc1ccc(C#Cc2cc(F)c(N=C=S)c(F)c2)cc1. The van der Waals surface area contributed by atoms with Crippen molar-refractivity contribution in [1.29, 1.82) is 0 Å². The molecule has 0 aliphatic heterocycles. The lowest BCUT2D eigenvalue weighted by molar-refractivity contribution is 0.305. The number of rotatable bonds is 7. The molecule has 0 radical (unpaired) electrons. The number of benzene rings is 2. The number of ether oxygens (including phenoxy) is 1. The minimum absolute atomic E-state index is 0.222. The van der Waals surface area contributed by atoms with Gasteiger partial charge in [0.2, 0.25) is 0 Å². The van der Waals surface area contributed by atoms with Gasteiger partial charge in [-0.1, -0.05) is 38.0 Å². The summed E-state index contributed by atoms with van der Waals surface area (Å²) in [7, 11) is 0. The van der Waals surface area contributed by atoms with Gasteiger partial charge in [0.05, 0.1) is 11.8 Å². The molecule has 0 unspecified atom stereocenters. The van der Waals surface area contributed by atoms with Crippen molar-refractivity contribution in [2.75, 3.05) is 6.61 Å². The number of hydrogen-bond donors (Lipinski definition) is 0. The molecule has 2 aromatic carbocycles. The molecule has 0 amide bonds. The van der Waals surface area contributed by atoms with Crippen LogP contribution in [0.1, 0.15) is 43.7 Å². The van der Waals surface area contributed by atoms with Gasteiger partial charge >= 0.3 is 0 Å². The highest BCUT2D eigenvalue weighted by Gasteiger charge is 2.09. The molecule has 0 saturated carbocycles. The van der Waals surface area contributed by atoms with E-state index in [0.717, 1.165) is 29.9 Å². The van der Waals surface area contributed by atoms with Crippen molar-refractivity contribution in [2.24, 2.45) is 4.99 Å². The van der Waals surface area contributed by atoms with E-state index in [1.54, 1.807) is 0 Å². The molecule has 0 spiro atoms. The monoisotopic (exact) mass is 371 g/mol. The quantitative estimate of drug-likeness (QED) is 0.255. The Morgan fingerprint density at radius 1 is 0.962 bits per heavy atom. The Morgan fingerprint density at radius 2 is 1.62 bits per heavy atom. The van der Waals surface area contributed by atoms with Crippen molar-refractivity contribution in [3.8, 4) is 17.6 Å². The molecule has 0 N–H and O–H groups in total. The summed E-state index contributed by atoms with van der Waals surface area (Å²) in [6.45, 7) is 2.87. The third-order valence-electron chi connectivity index (χ3n) is 3.65. The van der Waals surface area contributed by atoms with Crippen molar-refractivity contribution >= 4 is 23.1 Å². The molecule has 0 saturated heterocycles. The lowest BCUT2D eigenvalue weighted by Crippen LogP contribution is -1.96. The van der Waals surface area contributed by atoms with Crippen molar-refractivity contribution in [2.45, 2.75) is 32.6 Å². The summed E-state index contributed by atoms with van der Waals surface area (Å²) in [5, 5.41) is 1.95. The van der Waals surface area contributed by atoms with Crippen molar-refractivity contribution < 1.29 is 13.5 Å². The summed E-state index contributed by atoms with van der Waals surface area (Å²) >= 11 is 4.37. The Kier molecular flexibility index (Phi) is 7.95. The van der Waals surface area contributed by atoms with Crippen LogP contribution in [0.4, 0.5) is 14.5 Å². The predicted octanol–water partition coefficient (Wildman–Crippen LogP) is 6.06. The normalized spacial score (nSPS) is 9.81. The van der Waals surface area contributed by atoms with Gasteiger partial charge in [-0.15, -0.1) is 0 Å². The maximum atomic E-state index is 13.8. The van der Waals surface area contributed by atoms with Crippen molar-refractivity contribution in [3.63, 3.8) is 0 Å². The fourth-order valence-electron chi connectivity index (χ4n) is 2.29. The molecule has 2 aromatic rings. The van der Waals surface area contributed by atoms with E-state index in [4.69, 9.17) is 4.74 Å². The number of isothiocyanates is 1. The van der Waals surface area contributed by atoms with Crippen molar-refractivity contribution in [3.05, 3.63) is 59.2 Å². The first kappa shape index (κ1) is 19.8. The second kappa shape index (κ2) is 10.5. The molecular formula is C21H19F2NOS. The molecule has 2 rings (SSSR count). The summed E-state index contributed by atoms with van der Waals surface area (Å²) in [6.07, 6.45) is 4.62. The number of aliphatic imine (C=N–C) groups is 1. The Morgan fingerprint density at radius 3 is 2.23 bits per heavy atom. The topological polar surface area (TPSA) is 21.6 Å². The number of hydrogen-bond acceptors (Lipinski definition) is 3. The van der Waals surface area contributed by atoms with E-state index >= 15 is 0 Å². The zero-order chi connectivity index (χ0) is 18.8. The number of nitrogens with zero attached hydrogens (tertiary/aromatic N) is 1. The van der Waals surface area contributed by atoms with Gasteiger partial charge in [-0.3, -0.25) is 0 Å². The number of unbranched alkanes of at least 4 members (excludes halogenated alkanes) is 3. The molecule has 0 aliphatic carbocycles. The molecule has 0 aromatic heterocycles. The zero-order valence-corrected chi connectivity index (χ0v) is 15.3. The molecule has 0 fully saturated rings. The average molecular weight is 371 g/mol. The van der Waals surface area contributed by atoms with Crippen LogP contribution in [0.3, 0.4) is 0 Å². The van der Waals surface area contributed by atoms with Crippen LogP contribution in [0.2, 0.25) is 0 Å². The summed E-state index contributed by atoms with van der Waals surface area (Å²) in [5.74, 6) is 4.75. The van der Waals surface area contributed by atoms with Crippen LogP contribution in [0.25, 0.3) is 0 Å². The third kappa shape index (κ3) is 6.07. The fourth-order valence-corrected chi connectivity index (χ4v) is 2.38. The van der Waals surface area contributed by atoms with Gasteiger partial charge in [0.1, 0.15) is 11.4 Å². The van der Waals surface area contributed by atoms with E-state index in [0.29, 0.717) is 6.61 Å². The molecule has 5 heteroatoms. The van der Waals surface area contributed by atoms with E-state index in [1.165, 1.54) is 19.3 Å². The van der Waals surface area contributed by atoms with E-state index in [-0.39, 0.29) is 5.56 Å². The van der Waals surface area contributed by atoms with Gasteiger partial charge in [0, 0.05) is 11.1 Å². The van der Waals surface area contributed by atoms with Gasteiger partial charge in [-0.05, 0) is 55.0 Å². The maximum Gasteiger partial charge on any atom is 0.153 e. The van der Waals surface area contributed by atoms with Gasteiger partial charge in [-0.2, -0.15) is 4.99 Å². The molecule has 134 valence electrons. The standard InChI is InChI=1S/C21H19F2NOS/c1-2-3-4-5-12-25-18-10-8-16(9-11-18)6-7-17-13-19(22)21(24-15-26)20(23)14-17/h8-11,13-14H,2-5,12H2,1H3. The summed E-state index contributed by atoms with van der Waals surface area (Å²) < 4.78 is 33.2. The summed E-state index contributed by atoms with van der Waals surface area (Å²) in [4.78, 5) is 3.37. The molecule has 26 heavy (non-hydrogen) atoms. The Balaban J connectivity index is 2.01. The van der Waals surface area contributed by atoms with Crippen LogP contribution in [0, 0.1) is 23.5 Å². The maximum absolute atomic E-state index is 13.8. The Hall–Kier alpha value is -2.54. The van der Waals surface area contributed by atoms with Gasteiger partial charge < -0.3 is 4.74 Å². The third-order valence-corrected chi connectivity index (χ3v) is 3.74. The smallest absolute Gasteiger partial charge is 0.153 e. The van der Waals surface area contributed by atoms with Crippen LogP contribution in [-0.2, 0) is 0 Å². The molecule has 0 aliphatic rings. The largest absolute Gasteiger partial charge is 0.494 e. The Labute approximate surface area is 157 Å². The second-order valence-corrected chi connectivity index (χ2v) is 5.86. The van der Waals surface area contributed by atoms with Crippen molar-refractivity contribution in [1.82, 2.24) is 0 Å². The first-order valence-corrected chi connectivity index (χ1v) is 8.86. The zero-order valence-electron chi connectivity index (χ0n) is 14.5. The highest BCUT2D eigenvalue weighted by atomic mass is 32.1. The van der Waals surface area contributed by atoms with Gasteiger partial charge in [-0.25, -0.2) is 8.78 Å². The first-order chi connectivity index (χ1) is 12.6. The molecule has 0 heterocycles. The fraction of sp³-hybridized carbons (Fsp3) is 0.286. The van der Waals surface area contributed by atoms with Crippen LogP contribution in [-0.4, -0.2) is 11.8 Å². The molecular weight excluding hydrogens is 352 g/mol. The van der Waals surface area contributed by atoms with E-state index in [1.807, 2.05) is 29.4 Å². The van der Waals surface area contributed by atoms with E-state index in [9.17, 15) is 8.78 Å². The lowest BCUT2D eigenvalue weighted by atomic mass is 10.1. The lowest BCUT2D eigenvalue weighted by Gasteiger charge is -2.05. The average Bonchev–Trinajstić information content (AvgIpc) is 2.64. The van der Waals surface area contributed by atoms with Crippen LogP contribution < -0.4 is 4.74 Å². The summed E-state index contributed by atoms with van der Waals surface area (Å²) in [5.41, 5.74) is 0.496. The van der Waals surface area contributed by atoms with E-state index in [2.05, 4.69) is 36.0 Å². The van der Waals surface area contributed by atoms with Crippen LogP contribution in [0.5, 0.6) is 5.75 Å². The highest BCUT2D eigenvalue weighted by Crippen LogP contribution is 2.23. The first-order valence-electron chi connectivity index (χ1n) is 8.46. The molecule has 2 nitrogen and oxygen atoms in total. The predicted molar refractivity (Wildman–Crippen MR) is 103 cm³/mol. The van der Waals surface area contributed by atoms with Gasteiger partial charge in [0.25, 0.3) is 0 Å². The molecule has 0 atom stereocenters. The highest BCUT2D eigenvalue weighted by molar-refractivity contribution is 7.78. The summed E-state index contributed by atoms with van der Waals surface area (Å²) in [6, 6.07) is 9.53. The van der Waals surface area contributed by atoms with Crippen LogP contribution >= 0.6 is 12.2 Å². The van der Waals surface area contributed by atoms with Crippen LogP contribution in [0.15, 0.2) is 41.4 Å². The van der Waals surface area contributed by atoms with E-state index < -0.39 is 17.3 Å². The number of halogens is 2. The van der Waals surface area contributed by atoms with Gasteiger partial charge in [0.15, 0.2) is 11.6 Å². The second-order valence-electron chi connectivity index (χ2n) is 5.68. The number of thiocarbonyl (C=S) groups is 1. The Bertz CT molecular complexity index is 824. The molecule has 0 bridgehead atoms.